The van der Waals surface area contributed by atoms with Gasteiger partial charge in [-0.3, -0.25) is 9.59 Å². The molecule has 2 aromatic rings. The summed E-state index contributed by atoms with van der Waals surface area (Å²) in [5.74, 6) is -8.40. The molecule has 0 aliphatic rings. The summed E-state index contributed by atoms with van der Waals surface area (Å²) < 4.78 is 135. The van der Waals surface area contributed by atoms with E-state index in [0.29, 0.717) is 12.1 Å². The highest BCUT2D eigenvalue weighted by Gasteiger charge is 2.41. The van der Waals surface area contributed by atoms with Crippen molar-refractivity contribution in [3.63, 3.8) is 0 Å². The van der Waals surface area contributed by atoms with E-state index in [1.807, 2.05) is 0 Å². The number of Topliss-reactive ketones (excluding diaryl/α,β-unsaturated/α-hetero) is 1. The number of halogens is 12. The van der Waals surface area contributed by atoms with Crippen LogP contribution in [0.2, 0.25) is 10.0 Å². The summed E-state index contributed by atoms with van der Waals surface area (Å²) in [6.07, 6.45) is -13.3. The second kappa shape index (κ2) is 13.5. The summed E-state index contributed by atoms with van der Waals surface area (Å²) in [5.41, 5.74) is -4.20. The number of hydrogen-bond acceptors (Lipinski definition) is 2. The Morgan fingerprint density at radius 2 is 1.60 bits per heavy atom. The summed E-state index contributed by atoms with van der Waals surface area (Å²) in [6, 6.07) is 3.11. The van der Waals surface area contributed by atoms with Gasteiger partial charge in [-0.25, -0.2) is 4.39 Å². The molecule has 0 heterocycles. The summed E-state index contributed by atoms with van der Waals surface area (Å²) in [7, 11) is 0. The van der Waals surface area contributed by atoms with Crippen molar-refractivity contribution in [2.45, 2.75) is 44.7 Å². The number of alkyl halides is 9. The van der Waals surface area contributed by atoms with Crippen LogP contribution in [-0.2, 0) is 11.0 Å². The second-order valence-corrected chi connectivity index (χ2v) is 9.84. The number of carbonyl (C=O) groups is 2. The molecule has 2 atom stereocenters. The molecule has 1 amide bonds. The number of carbonyl (C=O) groups excluding carboxylic acids is 2. The van der Waals surface area contributed by atoms with E-state index >= 15 is 4.39 Å². The zero-order valence-corrected chi connectivity index (χ0v) is 23.1. The molecule has 42 heavy (non-hydrogen) atoms. The number of amides is 1. The Balaban J connectivity index is 2.50. The zero-order chi connectivity index (χ0) is 32.2. The molecule has 230 valence electrons. The van der Waals surface area contributed by atoms with E-state index in [-0.39, 0.29) is 27.8 Å². The Morgan fingerprint density at radius 3 is 2.12 bits per heavy atom. The molecule has 0 aromatic heterocycles. The van der Waals surface area contributed by atoms with Gasteiger partial charge < -0.3 is 5.32 Å². The van der Waals surface area contributed by atoms with Gasteiger partial charge in [-0.15, -0.1) is 0 Å². The minimum Gasteiger partial charge on any atom is -0.347 e. The average molecular weight is 652 g/mol. The maximum absolute atomic E-state index is 15.1. The number of hydrogen-bond donors (Lipinski definition) is 1. The highest BCUT2D eigenvalue weighted by Crippen LogP contribution is 2.42. The molecular formula is C27H21Cl2F10NO2. The molecule has 0 radical (unpaired) electrons. The summed E-state index contributed by atoms with van der Waals surface area (Å²) in [5, 5.41) is 1.14. The van der Waals surface area contributed by atoms with Crippen molar-refractivity contribution < 1.29 is 53.5 Å². The van der Waals surface area contributed by atoms with Crippen LogP contribution in [0.1, 0.15) is 58.8 Å². The maximum Gasteiger partial charge on any atom is 0.417 e. The number of rotatable bonds is 9. The Kier molecular flexibility index (Phi) is 11.3. The van der Waals surface area contributed by atoms with E-state index in [1.165, 1.54) is 17.5 Å². The van der Waals surface area contributed by atoms with Crippen molar-refractivity contribution in [2.75, 3.05) is 6.54 Å². The monoisotopic (exact) mass is 651 g/mol. The average Bonchev–Trinajstić information content (AvgIpc) is 2.86. The van der Waals surface area contributed by atoms with Crippen molar-refractivity contribution in [3.8, 4) is 0 Å². The first kappa shape index (κ1) is 35.1. The molecule has 0 aliphatic carbocycles. The molecule has 0 saturated heterocycles. The van der Waals surface area contributed by atoms with E-state index in [2.05, 4.69) is 0 Å². The fourth-order valence-corrected chi connectivity index (χ4v) is 4.15. The van der Waals surface area contributed by atoms with Crippen LogP contribution >= 0.6 is 23.2 Å². The highest BCUT2D eigenvalue weighted by atomic mass is 35.5. The van der Waals surface area contributed by atoms with Gasteiger partial charge in [0.2, 0.25) is 5.91 Å². The molecule has 0 fully saturated rings. The quantitative estimate of drug-likeness (QED) is 0.217. The second-order valence-electron chi connectivity index (χ2n) is 9.06. The first-order chi connectivity index (χ1) is 19.2. The zero-order valence-electron chi connectivity index (χ0n) is 21.5. The third-order valence-electron chi connectivity index (χ3n) is 5.75. The molecule has 1 N–H and O–H groups in total. The minimum atomic E-state index is -5.29. The maximum atomic E-state index is 15.1. The summed E-state index contributed by atoms with van der Waals surface area (Å²) in [6.45, 7) is 0.833. The van der Waals surface area contributed by atoms with Crippen molar-refractivity contribution in [1.29, 1.82) is 0 Å². The van der Waals surface area contributed by atoms with Gasteiger partial charge in [0.25, 0.3) is 0 Å². The fourth-order valence-electron chi connectivity index (χ4n) is 3.75. The van der Waals surface area contributed by atoms with Gasteiger partial charge >= 0.3 is 18.5 Å². The van der Waals surface area contributed by atoms with E-state index in [4.69, 9.17) is 23.2 Å². The van der Waals surface area contributed by atoms with Gasteiger partial charge in [0, 0.05) is 23.5 Å². The van der Waals surface area contributed by atoms with Crippen LogP contribution in [0.3, 0.4) is 0 Å². The van der Waals surface area contributed by atoms with Crippen LogP contribution in [0.4, 0.5) is 43.9 Å². The number of ketones is 1. The molecule has 0 saturated carbocycles. The third kappa shape index (κ3) is 9.48. The molecule has 1 unspecified atom stereocenters. The van der Waals surface area contributed by atoms with Crippen LogP contribution in [0.15, 0.2) is 42.5 Å². The Labute approximate surface area is 243 Å². The molecule has 2 aromatic carbocycles. The van der Waals surface area contributed by atoms with E-state index < -0.39 is 83.1 Å². The van der Waals surface area contributed by atoms with Crippen LogP contribution in [0.5, 0.6) is 0 Å². The lowest BCUT2D eigenvalue weighted by molar-refractivity contribution is -0.140. The minimum absolute atomic E-state index is 0.0447. The smallest absolute Gasteiger partial charge is 0.347 e. The predicted octanol–water partition coefficient (Wildman–Crippen LogP) is 9.59. The van der Waals surface area contributed by atoms with Gasteiger partial charge in [0.1, 0.15) is 18.3 Å². The van der Waals surface area contributed by atoms with Crippen LogP contribution < -0.4 is 5.32 Å². The molecule has 0 spiro atoms. The Morgan fingerprint density at radius 1 is 0.976 bits per heavy atom. The van der Waals surface area contributed by atoms with Gasteiger partial charge in [-0.1, -0.05) is 54.4 Å². The third-order valence-corrected chi connectivity index (χ3v) is 6.57. The normalized spacial score (nSPS) is 14.7. The van der Waals surface area contributed by atoms with Crippen LogP contribution in [-0.4, -0.2) is 30.6 Å². The fraction of sp³-hybridized carbons (Fsp3) is 0.333. The molecule has 15 heteroatoms. The summed E-state index contributed by atoms with van der Waals surface area (Å²) >= 11 is 11.9. The first-order valence-electron chi connectivity index (χ1n) is 11.8. The van der Waals surface area contributed by atoms with Gasteiger partial charge in [0.05, 0.1) is 15.6 Å². The first-order valence-corrected chi connectivity index (χ1v) is 12.6. The lowest BCUT2D eigenvalue weighted by Gasteiger charge is -2.20. The number of benzene rings is 2. The number of allylic oxidation sites excluding steroid dienone is 2. The van der Waals surface area contributed by atoms with Crippen molar-refractivity contribution in [1.82, 2.24) is 5.32 Å². The van der Waals surface area contributed by atoms with Crippen molar-refractivity contribution in [2.24, 2.45) is 5.92 Å². The van der Waals surface area contributed by atoms with E-state index in [0.717, 1.165) is 19.1 Å². The SMILES string of the molecule is C/C=C/c1cc(C(/C=C(\F)c2ccc(C(=O)C[C@H](C)C(=O)NCC(F)(F)F)c(C(F)(F)F)c2)C(F)(F)F)cc(Cl)c1Cl. The molecular weight excluding hydrogens is 631 g/mol. The molecule has 0 bridgehead atoms. The topological polar surface area (TPSA) is 46.2 Å². The summed E-state index contributed by atoms with van der Waals surface area (Å²) in [4.78, 5) is 24.4. The van der Waals surface area contributed by atoms with Gasteiger partial charge in [0.15, 0.2) is 5.78 Å². The molecule has 3 nitrogen and oxygen atoms in total. The predicted molar refractivity (Wildman–Crippen MR) is 138 cm³/mol. The van der Waals surface area contributed by atoms with E-state index in [9.17, 15) is 49.1 Å². The lowest BCUT2D eigenvalue weighted by Crippen LogP contribution is -2.37. The van der Waals surface area contributed by atoms with Crippen molar-refractivity contribution >= 4 is 46.8 Å². The van der Waals surface area contributed by atoms with Crippen molar-refractivity contribution in [3.05, 3.63) is 80.3 Å². The van der Waals surface area contributed by atoms with E-state index in [1.54, 1.807) is 6.92 Å². The Bertz CT molecular complexity index is 1380. The highest BCUT2D eigenvalue weighted by molar-refractivity contribution is 6.43. The number of nitrogens with one attached hydrogen (secondary N) is 1. The standard InChI is InChI=1S/C27H21Cl2F10NO2/c1-3-4-15-8-16(10-20(28)23(15)29)18(26(34,35)36)11-21(30)14-5-6-17(19(9-14)27(37,38)39)22(41)7-13(2)24(42)40-12-25(31,32)33/h3-6,8-11,13,18H,7,12H2,1-2H3,(H,40,42)/b4-3+,21-11-/t13-,18?/m0/s1. The largest absolute Gasteiger partial charge is 0.417 e. The van der Waals surface area contributed by atoms with Gasteiger partial charge in [-0.2, -0.15) is 39.5 Å². The van der Waals surface area contributed by atoms with Gasteiger partial charge in [-0.05, 0) is 42.3 Å². The molecule has 0 aliphatic heterocycles. The lowest BCUT2D eigenvalue weighted by atomic mass is 9.92. The van der Waals surface area contributed by atoms with Crippen LogP contribution in [0.25, 0.3) is 11.9 Å². The molecule has 2 rings (SSSR count). The van der Waals surface area contributed by atoms with Crippen LogP contribution in [0, 0.1) is 5.92 Å². The Hall–Kier alpha value is -3.06.